The number of sulfonamides is 1. The summed E-state index contributed by atoms with van der Waals surface area (Å²) in [4.78, 5) is 13.2. The van der Waals surface area contributed by atoms with Crippen molar-refractivity contribution >= 4 is 21.6 Å². The molecule has 2 aliphatic rings. The van der Waals surface area contributed by atoms with E-state index in [1.807, 2.05) is 33.8 Å². The topological polar surface area (TPSA) is 84.9 Å². The molecular formula is C23H28N2O5S. The van der Waals surface area contributed by atoms with E-state index in [2.05, 4.69) is 5.32 Å². The Kier molecular flexibility index (Phi) is 5.70. The lowest BCUT2D eigenvalue weighted by atomic mass is 9.97. The molecule has 31 heavy (non-hydrogen) atoms. The summed E-state index contributed by atoms with van der Waals surface area (Å²) in [6, 6.07) is 7.31. The summed E-state index contributed by atoms with van der Waals surface area (Å²) < 4.78 is 39.0. The molecule has 0 aliphatic carbocycles. The van der Waals surface area contributed by atoms with Gasteiger partial charge in [-0.1, -0.05) is 6.07 Å². The van der Waals surface area contributed by atoms with Crippen molar-refractivity contribution < 1.29 is 22.7 Å². The zero-order valence-corrected chi connectivity index (χ0v) is 19.1. The SMILES string of the molecule is Cc1cc(C)c(C)c(S(=O)(=O)N2CCC(C(=O)Nc3ccc4c(c3)OCO4)CC2)c1C. The van der Waals surface area contributed by atoms with Gasteiger partial charge in [0.2, 0.25) is 22.7 Å². The molecule has 1 fully saturated rings. The number of benzene rings is 2. The molecular weight excluding hydrogens is 416 g/mol. The largest absolute Gasteiger partial charge is 0.454 e. The second-order valence-electron chi connectivity index (χ2n) is 8.33. The van der Waals surface area contributed by atoms with Crippen LogP contribution in [0.25, 0.3) is 0 Å². The molecule has 0 atom stereocenters. The van der Waals surface area contributed by atoms with Gasteiger partial charge in [-0.05, 0) is 74.9 Å². The monoisotopic (exact) mass is 444 g/mol. The first-order chi connectivity index (χ1) is 14.7. The lowest BCUT2D eigenvalue weighted by Crippen LogP contribution is -2.41. The number of carbonyl (C=O) groups is 1. The van der Waals surface area contributed by atoms with Crippen LogP contribution >= 0.6 is 0 Å². The Labute approximate surface area is 183 Å². The van der Waals surface area contributed by atoms with Crippen molar-refractivity contribution in [1.29, 1.82) is 0 Å². The molecule has 2 heterocycles. The zero-order valence-electron chi connectivity index (χ0n) is 18.3. The quantitative estimate of drug-likeness (QED) is 0.778. The standard InChI is InChI=1S/C23H28N2O5S/c1-14-11-15(2)17(4)22(16(14)3)31(27,28)25-9-7-18(8-10-25)23(26)24-19-5-6-20-21(12-19)30-13-29-20/h5-6,11-12,18H,7-10,13H2,1-4H3,(H,24,26). The molecule has 0 bridgehead atoms. The van der Waals surface area contributed by atoms with E-state index in [1.165, 1.54) is 4.31 Å². The first kappa shape index (κ1) is 21.6. The smallest absolute Gasteiger partial charge is 0.243 e. The van der Waals surface area contributed by atoms with Crippen LogP contribution in [0.5, 0.6) is 11.5 Å². The van der Waals surface area contributed by atoms with Crippen molar-refractivity contribution in [3.05, 3.63) is 46.5 Å². The van der Waals surface area contributed by atoms with E-state index in [-0.39, 0.29) is 18.6 Å². The van der Waals surface area contributed by atoms with Crippen LogP contribution in [-0.2, 0) is 14.8 Å². The Morgan fingerprint density at radius 3 is 2.23 bits per heavy atom. The minimum atomic E-state index is -3.61. The number of nitrogens with one attached hydrogen (secondary N) is 1. The van der Waals surface area contributed by atoms with Crippen LogP contribution in [0, 0.1) is 33.6 Å². The van der Waals surface area contributed by atoms with E-state index >= 15 is 0 Å². The summed E-state index contributed by atoms with van der Waals surface area (Å²) in [5.41, 5.74) is 4.18. The molecule has 1 amide bonds. The highest BCUT2D eigenvalue weighted by molar-refractivity contribution is 7.89. The van der Waals surface area contributed by atoms with Gasteiger partial charge in [-0.15, -0.1) is 0 Å². The number of hydrogen-bond acceptors (Lipinski definition) is 5. The van der Waals surface area contributed by atoms with Crippen LogP contribution < -0.4 is 14.8 Å². The fourth-order valence-corrected chi connectivity index (χ4v) is 6.32. The fraction of sp³-hybridized carbons (Fsp3) is 0.435. The summed E-state index contributed by atoms with van der Waals surface area (Å²) >= 11 is 0. The van der Waals surface area contributed by atoms with Gasteiger partial charge >= 0.3 is 0 Å². The van der Waals surface area contributed by atoms with Gasteiger partial charge in [0, 0.05) is 30.8 Å². The second kappa shape index (κ2) is 8.16. The summed E-state index contributed by atoms with van der Waals surface area (Å²) in [6.07, 6.45) is 0.969. The highest BCUT2D eigenvalue weighted by atomic mass is 32.2. The van der Waals surface area contributed by atoms with Crippen LogP contribution in [0.3, 0.4) is 0 Å². The lowest BCUT2D eigenvalue weighted by molar-refractivity contribution is -0.120. The highest BCUT2D eigenvalue weighted by Crippen LogP contribution is 2.35. The minimum absolute atomic E-state index is 0.102. The van der Waals surface area contributed by atoms with E-state index in [9.17, 15) is 13.2 Å². The molecule has 2 aromatic carbocycles. The number of nitrogens with zero attached hydrogens (tertiary/aromatic N) is 1. The number of anilines is 1. The van der Waals surface area contributed by atoms with Gasteiger partial charge in [0.05, 0.1) is 4.90 Å². The normalized spacial score (nSPS) is 17.0. The van der Waals surface area contributed by atoms with E-state index < -0.39 is 10.0 Å². The summed E-state index contributed by atoms with van der Waals surface area (Å²) in [5.74, 6) is 0.930. The molecule has 7 nitrogen and oxygen atoms in total. The fourth-order valence-electron chi connectivity index (χ4n) is 4.27. The van der Waals surface area contributed by atoms with Gasteiger partial charge in [0.1, 0.15) is 0 Å². The van der Waals surface area contributed by atoms with Crippen molar-refractivity contribution in [3.63, 3.8) is 0 Å². The summed E-state index contributed by atoms with van der Waals surface area (Å²) in [6.45, 7) is 8.43. The number of piperidine rings is 1. The van der Waals surface area contributed by atoms with Gasteiger partial charge in [-0.25, -0.2) is 8.42 Å². The molecule has 8 heteroatoms. The molecule has 1 saturated heterocycles. The van der Waals surface area contributed by atoms with Gasteiger partial charge in [0.25, 0.3) is 0 Å². The van der Waals surface area contributed by atoms with Gasteiger partial charge in [0.15, 0.2) is 11.5 Å². The van der Waals surface area contributed by atoms with Gasteiger partial charge < -0.3 is 14.8 Å². The average Bonchev–Trinajstić information content (AvgIpc) is 3.20. The van der Waals surface area contributed by atoms with Crippen molar-refractivity contribution in [3.8, 4) is 11.5 Å². The van der Waals surface area contributed by atoms with Crippen molar-refractivity contribution in [2.75, 3.05) is 25.2 Å². The number of aryl methyl sites for hydroxylation is 2. The molecule has 2 aliphatic heterocycles. The Bertz CT molecular complexity index is 1110. The molecule has 166 valence electrons. The highest BCUT2D eigenvalue weighted by Gasteiger charge is 2.34. The number of ether oxygens (including phenoxy) is 2. The molecule has 4 rings (SSSR count). The third kappa shape index (κ3) is 4.02. The summed E-state index contributed by atoms with van der Waals surface area (Å²) in [5, 5.41) is 2.92. The lowest BCUT2D eigenvalue weighted by Gasteiger charge is -2.31. The van der Waals surface area contributed by atoms with E-state index in [0.29, 0.717) is 48.0 Å². The maximum Gasteiger partial charge on any atom is 0.243 e. The van der Waals surface area contributed by atoms with Crippen LogP contribution in [0.4, 0.5) is 5.69 Å². The third-order valence-corrected chi connectivity index (χ3v) is 8.53. The minimum Gasteiger partial charge on any atom is -0.454 e. The number of rotatable bonds is 4. The number of carbonyl (C=O) groups excluding carboxylic acids is 1. The Hall–Kier alpha value is -2.58. The van der Waals surface area contributed by atoms with Crippen molar-refractivity contribution in [2.45, 2.75) is 45.4 Å². The van der Waals surface area contributed by atoms with Crippen LogP contribution in [0.15, 0.2) is 29.2 Å². The first-order valence-electron chi connectivity index (χ1n) is 10.5. The van der Waals surface area contributed by atoms with Crippen molar-refractivity contribution in [2.24, 2.45) is 5.92 Å². The second-order valence-corrected chi connectivity index (χ2v) is 10.2. The molecule has 0 radical (unpaired) electrons. The summed E-state index contributed by atoms with van der Waals surface area (Å²) in [7, 11) is -3.61. The van der Waals surface area contributed by atoms with Crippen molar-refractivity contribution in [1.82, 2.24) is 4.31 Å². The molecule has 2 aromatic rings. The molecule has 1 N–H and O–H groups in total. The predicted molar refractivity (Wildman–Crippen MR) is 118 cm³/mol. The zero-order chi connectivity index (χ0) is 22.3. The third-order valence-electron chi connectivity index (χ3n) is 6.36. The number of amides is 1. The Morgan fingerprint density at radius 1 is 0.968 bits per heavy atom. The van der Waals surface area contributed by atoms with Crippen LogP contribution in [0.1, 0.15) is 35.1 Å². The molecule has 0 spiro atoms. The predicted octanol–water partition coefficient (Wildman–Crippen LogP) is 3.69. The average molecular weight is 445 g/mol. The van der Waals surface area contributed by atoms with Gasteiger partial charge in [-0.3, -0.25) is 4.79 Å². The number of fused-ring (bicyclic) bond motifs is 1. The Balaban J connectivity index is 1.44. The Morgan fingerprint density at radius 2 is 1.58 bits per heavy atom. The maximum absolute atomic E-state index is 13.4. The van der Waals surface area contributed by atoms with E-state index in [0.717, 1.165) is 22.3 Å². The molecule has 0 unspecified atom stereocenters. The van der Waals surface area contributed by atoms with E-state index in [1.54, 1.807) is 18.2 Å². The molecule has 0 saturated carbocycles. The molecule has 0 aromatic heterocycles. The van der Waals surface area contributed by atoms with E-state index in [4.69, 9.17) is 9.47 Å². The number of hydrogen-bond donors (Lipinski definition) is 1. The van der Waals surface area contributed by atoms with Gasteiger partial charge in [-0.2, -0.15) is 4.31 Å². The van der Waals surface area contributed by atoms with Crippen LogP contribution in [0.2, 0.25) is 0 Å². The first-order valence-corrected chi connectivity index (χ1v) is 11.9. The van der Waals surface area contributed by atoms with Crippen LogP contribution in [-0.4, -0.2) is 38.5 Å². The maximum atomic E-state index is 13.4.